The Morgan fingerprint density at radius 2 is 2.09 bits per heavy atom. The molecule has 0 saturated carbocycles. The number of fused-ring (bicyclic) bond motifs is 2. The van der Waals surface area contributed by atoms with Crippen molar-refractivity contribution in [3.63, 3.8) is 0 Å². The number of hydrogen-bond donors (Lipinski definition) is 0. The van der Waals surface area contributed by atoms with Crippen molar-refractivity contribution in [2.24, 2.45) is 0 Å². The standard InChI is InChI=1S/C24H25N7O4/c32-23(9-16-1-4-22(25-11-16)31-15-26-27-28-31)30-7-6-29-13-21(35-14-19(29)12-30)18-2-3-20-17(10-18)5-8-34-24(20)33/h1-4,10-11,15,19,21H,5-9,12-14H2/t19-,21+/m0/s1. The van der Waals surface area contributed by atoms with Crippen molar-refractivity contribution in [2.75, 3.05) is 39.4 Å². The number of benzene rings is 1. The second-order valence-corrected chi connectivity index (χ2v) is 9.07. The van der Waals surface area contributed by atoms with Gasteiger partial charge in [0.1, 0.15) is 6.33 Å². The van der Waals surface area contributed by atoms with Gasteiger partial charge in [-0.1, -0.05) is 18.2 Å². The normalized spacial score (nSPS) is 22.3. The lowest BCUT2D eigenvalue weighted by atomic mass is 9.96. The zero-order valence-corrected chi connectivity index (χ0v) is 19.1. The van der Waals surface area contributed by atoms with Crippen molar-refractivity contribution < 1.29 is 19.1 Å². The van der Waals surface area contributed by atoms with E-state index in [2.05, 4.69) is 31.5 Å². The van der Waals surface area contributed by atoms with Gasteiger partial charge in [0, 0.05) is 38.8 Å². The molecule has 3 aliphatic rings. The zero-order chi connectivity index (χ0) is 23.8. The number of morpholine rings is 1. The molecule has 2 saturated heterocycles. The first-order valence-corrected chi connectivity index (χ1v) is 11.8. The second kappa shape index (κ2) is 9.16. The number of aromatic nitrogens is 5. The third-order valence-corrected chi connectivity index (χ3v) is 6.92. The highest BCUT2D eigenvalue weighted by atomic mass is 16.5. The minimum atomic E-state index is -0.248. The smallest absolute Gasteiger partial charge is 0.338 e. The highest BCUT2D eigenvalue weighted by Crippen LogP contribution is 2.29. The minimum absolute atomic E-state index is 0.0403. The van der Waals surface area contributed by atoms with E-state index in [0.29, 0.717) is 44.1 Å². The lowest BCUT2D eigenvalue weighted by Gasteiger charge is -2.46. The molecule has 0 bridgehead atoms. The molecular weight excluding hydrogens is 450 g/mol. The Hall–Kier alpha value is -3.70. The average molecular weight is 476 g/mol. The van der Waals surface area contributed by atoms with Crippen LogP contribution >= 0.6 is 0 Å². The highest BCUT2D eigenvalue weighted by molar-refractivity contribution is 5.92. The molecule has 11 heteroatoms. The number of pyridine rings is 1. The minimum Gasteiger partial charge on any atom is -0.462 e. The van der Waals surface area contributed by atoms with Crippen LogP contribution in [0.15, 0.2) is 42.9 Å². The Bertz CT molecular complexity index is 1230. The van der Waals surface area contributed by atoms with Gasteiger partial charge in [0.15, 0.2) is 5.82 Å². The van der Waals surface area contributed by atoms with Gasteiger partial charge in [-0.3, -0.25) is 9.69 Å². The molecule has 180 valence electrons. The van der Waals surface area contributed by atoms with Crippen molar-refractivity contribution >= 4 is 11.9 Å². The fraction of sp³-hybridized carbons (Fsp3) is 0.417. The summed E-state index contributed by atoms with van der Waals surface area (Å²) in [7, 11) is 0. The van der Waals surface area contributed by atoms with E-state index in [0.717, 1.165) is 36.2 Å². The van der Waals surface area contributed by atoms with Gasteiger partial charge in [0.2, 0.25) is 5.91 Å². The number of carbonyl (C=O) groups excluding carboxylic acids is 2. The quantitative estimate of drug-likeness (QED) is 0.500. The number of rotatable bonds is 4. The molecule has 2 fully saturated rings. The topological polar surface area (TPSA) is 116 Å². The van der Waals surface area contributed by atoms with E-state index in [4.69, 9.17) is 9.47 Å². The van der Waals surface area contributed by atoms with E-state index in [1.807, 2.05) is 23.1 Å². The third kappa shape index (κ3) is 4.40. The Labute approximate surface area is 201 Å². The first-order valence-electron chi connectivity index (χ1n) is 11.8. The number of nitrogens with zero attached hydrogens (tertiary/aromatic N) is 7. The lowest BCUT2D eigenvalue weighted by molar-refractivity contribution is -0.139. The average Bonchev–Trinajstić information content (AvgIpc) is 3.43. The SMILES string of the molecule is O=C1OCCc2cc([C@H]3CN4CCN(C(=O)Cc5ccc(-n6cnnn6)nc5)C[C@H]4CO3)ccc21. The molecule has 11 nitrogen and oxygen atoms in total. The first kappa shape index (κ1) is 21.8. The number of tetrazole rings is 1. The van der Waals surface area contributed by atoms with Crippen LogP contribution in [0.2, 0.25) is 0 Å². The maximum absolute atomic E-state index is 13.0. The lowest BCUT2D eigenvalue weighted by Crippen LogP contribution is -2.59. The monoisotopic (exact) mass is 475 g/mol. The van der Waals surface area contributed by atoms with Crippen LogP contribution in [0.4, 0.5) is 0 Å². The molecule has 0 unspecified atom stereocenters. The van der Waals surface area contributed by atoms with Crippen molar-refractivity contribution in [3.8, 4) is 5.82 Å². The second-order valence-electron chi connectivity index (χ2n) is 9.07. The number of amides is 1. The summed E-state index contributed by atoms with van der Waals surface area (Å²) in [5, 5.41) is 11.0. The van der Waals surface area contributed by atoms with Crippen LogP contribution in [0, 0.1) is 0 Å². The van der Waals surface area contributed by atoms with Crippen LogP contribution in [0.3, 0.4) is 0 Å². The molecule has 35 heavy (non-hydrogen) atoms. The summed E-state index contributed by atoms with van der Waals surface area (Å²) in [4.78, 5) is 33.6. The molecule has 2 atom stereocenters. The molecule has 3 aliphatic heterocycles. The van der Waals surface area contributed by atoms with Crippen molar-refractivity contribution in [3.05, 3.63) is 65.1 Å². The molecule has 1 aromatic carbocycles. The summed E-state index contributed by atoms with van der Waals surface area (Å²) in [6.45, 7) is 3.92. The molecule has 3 aromatic rings. The number of cyclic esters (lactones) is 1. The van der Waals surface area contributed by atoms with E-state index < -0.39 is 0 Å². The van der Waals surface area contributed by atoms with Gasteiger partial charge in [-0.05, 0) is 39.2 Å². The zero-order valence-electron chi connectivity index (χ0n) is 19.1. The summed E-state index contributed by atoms with van der Waals surface area (Å²) in [6, 6.07) is 9.76. The molecule has 0 spiro atoms. The van der Waals surface area contributed by atoms with E-state index in [9.17, 15) is 9.59 Å². The van der Waals surface area contributed by atoms with E-state index in [1.54, 1.807) is 12.3 Å². The van der Waals surface area contributed by atoms with Gasteiger partial charge < -0.3 is 14.4 Å². The Morgan fingerprint density at radius 1 is 1.14 bits per heavy atom. The van der Waals surface area contributed by atoms with Gasteiger partial charge >= 0.3 is 5.97 Å². The van der Waals surface area contributed by atoms with Crippen molar-refractivity contribution in [2.45, 2.75) is 25.0 Å². The largest absolute Gasteiger partial charge is 0.462 e. The fourth-order valence-corrected chi connectivity index (χ4v) is 4.97. The molecule has 0 radical (unpaired) electrons. The van der Waals surface area contributed by atoms with Crippen LogP contribution < -0.4 is 0 Å². The Kier molecular flexibility index (Phi) is 5.71. The summed E-state index contributed by atoms with van der Waals surface area (Å²) >= 11 is 0. The summed E-state index contributed by atoms with van der Waals surface area (Å²) in [5.41, 5.74) is 3.62. The molecular formula is C24H25N7O4. The van der Waals surface area contributed by atoms with Gasteiger partial charge in [0.25, 0.3) is 0 Å². The van der Waals surface area contributed by atoms with Crippen LogP contribution in [-0.2, 0) is 27.1 Å². The maximum atomic E-state index is 13.0. The molecule has 6 rings (SSSR count). The van der Waals surface area contributed by atoms with Crippen molar-refractivity contribution in [1.82, 2.24) is 35.0 Å². The van der Waals surface area contributed by atoms with Gasteiger partial charge in [-0.25, -0.2) is 9.78 Å². The number of carbonyl (C=O) groups is 2. The summed E-state index contributed by atoms with van der Waals surface area (Å²) in [6.07, 6.45) is 4.17. The molecule has 1 amide bonds. The predicted molar refractivity (Wildman–Crippen MR) is 122 cm³/mol. The van der Waals surface area contributed by atoms with Crippen molar-refractivity contribution in [1.29, 1.82) is 0 Å². The van der Waals surface area contributed by atoms with E-state index >= 15 is 0 Å². The number of ether oxygens (including phenoxy) is 2. The maximum Gasteiger partial charge on any atom is 0.338 e. The van der Waals surface area contributed by atoms with Crippen LogP contribution in [-0.4, -0.2) is 92.3 Å². The van der Waals surface area contributed by atoms with Crippen LogP contribution in [0.25, 0.3) is 5.82 Å². The van der Waals surface area contributed by atoms with E-state index in [1.165, 1.54) is 11.0 Å². The van der Waals surface area contributed by atoms with Crippen LogP contribution in [0.1, 0.15) is 33.2 Å². The summed E-state index contributed by atoms with van der Waals surface area (Å²) < 4.78 is 12.8. The third-order valence-electron chi connectivity index (χ3n) is 6.92. The Balaban J connectivity index is 1.05. The summed E-state index contributed by atoms with van der Waals surface area (Å²) in [5.74, 6) is 0.445. The molecule has 2 aromatic heterocycles. The van der Waals surface area contributed by atoms with E-state index in [-0.39, 0.29) is 24.0 Å². The first-order chi connectivity index (χ1) is 17.1. The van der Waals surface area contributed by atoms with Gasteiger partial charge in [-0.15, -0.1) is 5.10 Å². The van der Waals surface area contributed by atoms with Crippen LogP contribution in [0.5, 0.6) is 0 Å². The predicted octanol–water partition coefficient (Wildman–Crippen LogP) is 0.597. The highest BCUT2D eigenvalue weighted by Gasteiger charge is 2.36. The molecule has 0 N–H and O–H groups in total. The number of hydrogen-bond acceptors (Lipinski definition) is 9. The Morgan fingerprint density at radius 3 is 2.91 bits per heavy atom. The fourth-order valence-electron chi connectivity index (χ4n) is 4.97. The number of piperazine rings is 1. The number of esters is 1. The van der Waals surface area contributed by atoms with Gasteiger partial charge in [-0.2, -0.15) is 4.68 Å². The molecule has 5 heterocycles. The van der Waals surface area contributed by atoms with Gasteiger partial charge in [0.05, 0.1) is 37.3 Å². The molecule has 0 aliphatic carbocycles.